The molecule has 0 saturated carbocycles. The molecule has 0 N–H and O–H groups in total. The SMILES string of the molecule is CCn1c2ccccc2c2cc(/C(=C(\c3ccccc3)c3ccc4c(c3)c3ccccc3n4CC)c3ccccc3)ccc21. The van der Waals surface area contributed by atoms with Crippen molar-refractivity contribution < 1.29 is 0 Å². The zero-order valence-corrected chi connectivity index (χ0v) is 25.2. The summed E-state index contributed by atoms with van der Waals surface area (Å²) in [4.78, 5) is 0. The van der Waals surface area contributed by atoms with Crippen molar-refractivity contribution in [2.45, 2.75) is 26.9 Å². The van der Waals surface area contributed by atoms with Gasteiger partial charge in [-0.1, -0.05) is 109 Å². The van der Waals surface area contributed by atoms with Gasteiger partial charge in [-0.05, 0) is 83.6 Å². The van der Waals surface area contributed by atoms with Crippen molar-refractivity contribution in [1.29, 1.82) is 0 Å². The van der Waals surface area contributed by atoms with Gasteiger partial charge in [-0.15, -0.1) is 0 Å². The van der Waals surface area contributed by atoms with Crippen LogP contribution in [0.4, 0.5) is 0 Å². The van der Waals surface area contributed by atoms with Crippen molar-refractivity contribution in [1.82, 2.24) is 9.13 Å². The van der Waals surface area contributed by atoms with Gasteiger partial charge in [-0.3, -0.25) is 0 Å². The van der Waals surface area contributed by atoms with Crippen molar-refractivity contribution in [3.63, 3.8) is 0 Å². The number of aromatic nitrogens is 2. The van der Waals surface area contributed by atoms with E-state index in [0.717, 1.165) is 13.1 Å². The van der Waals surface area contributed by atoms with Crippen molar-refractivity contribution >= 4 is 54.8 Å². The zero-order chi connectivity index (χ0) is 29.6. The summed E-state index contributed by atoms with van der Waals surface area (Å²) < 4.78 is 4.85. The van der Waals surface area contributed by atoms with E-state index in [1.165, 1.54) is 77.0 Å². The summed E-state index contributed by atoms with van der Waals surface area (Å²) in [7, 11) is 0. The number of hydrogen-bond donors (Lipinski definition) is 0. The van der Waals surface area contributed by atoms with Gasteiger partial charge >= 0.3 is 0 Å². The molecule has 8 aromatic rings. The molecule has 2 aromatic heterocycles. The molecule has 0 aliphatic carbocycles. The summed E-state index contributed by atoms with van der Waals surface area (Å²) in [6.45, 7) is 6.33. The number of para-hydroxylation sites is 2. The third-order valence-electron chi connectivity index (χ3n) is 9.13. The first-order valence-corrected chi connectivity index (χ1v) is 15.6. The first-order chi connectivity index (χ1) is 21.8. The first-order valence-electron chi connectivity index (χ1n) is 15.6. The minimum atomic E-state index is 0.936. The quantitative estimate of drug-likeness (QED) is 0.177. The number of rotatable bonds is 6. The Bertz CT molecular complexity index is 2170. The summed E-state index contributed by atoms with van der Waals surface area (Å²) in [6.07, 6.45) is 0. The van der Waals surface area contributed by atoms with Crippen LogP contribution in [0.3, 0.4) is 0 Å². The fourth-order valence-corrected chi connectivity index (χ4v) is 7.22. The highest BCUT2D eigenvalue weighted by molar-refractivity contribution is 6.13. The Balaban J connectivity index is 1.49. The Labute approximate surface area is 258 Å². The molecule has 2 heteroatoms. The Morgan fingerprint density at radius 2 is 0.727 bits per heavy atom. The lowest BCUT2D eigenvalue weighted by molar-refractivity contribution is 0.827. The van der Waals surface area contributed by atoms with E-state index in [1.54, 1.807) is 0 Å². The van der Waals surface area contributed by atoms with E-state index in [2.05, 4.69) is 169 Å². The Kier molecular flexibility index (Phi) is 6.42. The molecule has 0 bridgehead atoms. The normalized spacial score (nSPS) is 12.4. The van der Waals surface area contributed by atoms with Crippen LogP contribution < -0.4 is 0 Å². The predicted molar refractivity (Wildman–Crippen MR) is 188 cm³/mol. The fourth-order valence-electron chi connectivity index (χ4n) is 7.22. The van der Waals surface area contributed by atoms with Gasteiger partial charge in [0.2, 0.25) is 0 Å². The molecule has 0 amide bonds. The largest absolute Gasteiger partial charge is 0.341 e. The summed E-state index contributed by atoms with van der Waals surface area (Å²) in [6, 6.07) is 53.5. The molecule has 0 aliphatic heterocycles. The molecule has 0 atom stereocenters. The highest BCUT2D eigenvalue weighted by Gasteiger charge is 2.20. The van der Waals surface area contributed by atoms with Gasteiger partial charge < -0.3 is 9.13 Å². The molecule has 0 unspecified atom stereocenters. The molecule has 0 saturated heterocycles. The van der Waals surface area contributed by atoms with Crippen LogP contribution in [-0.2, 0) is 13.1 Å². The molecule has 8 rings (SSSR count). The van der Waals surface area contributed by atoms with Crippen LogP contribution in [0.2, 0.25) is 0 Å². The Hall–Kier alpha value is -5.34. The summed E-state index contributed by atoms with van der Waals surface area (Å²) in [5.41, 5.74) is 12.5. The number of aryl methyl sites for hydroxylation is 2. The van der Waals surface area contributed by atoms with E-state index in [-0.39, 0.29) is 0 Å². The predicted octanol–water partition coefficient (Wildman–Crippen LogP) is 10.9. The van der Waals surface area contributed by atoms with Gasteiger partial charge in [-0.25, -0.2) is 0 Å². The van der Waals surface area contributed by atoms with E-state index in [9.17, 15) is 0 Å². The standard InChI is InChI=1S/C42H34N2/c1-3-43-37-21-13-11-19-33(37)35-27-31(23-25-39(35)43)41(29-15-7-5-8-16-29)42(30-17-9-6-10-18-30)32-24-26-40-36(28-32)34-20-12-14-22-38(34)44(40)4-2/h5-28H,3-4H2,1-2H3/b42-41+. The minimum absolute atomic E-state index is 0.936. The maximum absolute atomic E-state index is 2.43. The van der Waals surface area contributed by atoms with Gasteiger partial charge in [0.25, 0.3) is 0 Å². The topological polar surface area (TPSA) is 9.86 Å². The number of hydrogen-bond acceptors (Lipinski definition) is 0. The molecule has 2 heterocycles. The van der Waals surface area contributed by atoms with Gasteiger partial charge in [0.15, 0.2) is 0 Å². The first kappa shape index (κ1) is 26.3. The maximum Gasteiger partial charge on any atom is 0.0491 e. The van der Waals surface area contributed by atoms with Crippen LogP contribution in [-0.4, -0.2) is 9.13 Å². The lowest BCUT2D eigenvalue weighted by Crippen LogP contribution is -1.98. The minimum Gasteiger partial charge on any atom is -0.341 e. The van der Waals surface area contributed by atoms with Crippen LogP contribution in [0.15, 0.2) is 146 Å². The summed E-state index contributed by atoms with van der Waals surface area (Å²) in [5.74, 6) is 0. The molecule has 6 aromatic carbocycles. The smallest absolute Gasteiger partial charge is 0.0491 e. The van der Waals surface area contributed by atoms with Crippen molar-refractivity contribution in [3.8, 4) is 0 Å². The van der Waals surface area contributed by atoms with Gasteiger partial charge in [0, 0.05) is 56.7 Å². The van der Waals surface area contributed by atoms with Crippen LogP contribution in [0.5, 0.6) is 0 Å². The molecule has 0 aliphatic rings. The van der Waals surface area contributed by atoms with E-state index in [1.807, 2.05) is 0 Å². The molecular weight excluding hydrogens is 532 g/mol. The fraction of sp³-hybridized carbons (Fsp3) is 0.0952. The van der Waals surface area contributed by atoms with Crippen molar-refractivity contribution in [2.75, 3.05) is 0 Å². The Morgan fingerprint density at radius 3 is 1.14 bits per heavy atom. The Morgan fingerprint density at radius 1 is 0.364 bits per heavy atom. The second kappa shape index (κ2) is 10.7. The maximum atomic E-state index is 2.43. The zero-order valence-electron chi connectivity index (χ0n) is 25.2. The molecule has 0 radical (unpaired) electrons. The monoisotopic (exact) mass is 566 g/mol. The average molecular weight is 567 g/mol. The van der Waals surface area contributed by atoms with E-state index in [0.29, 0.717) is 0 Å². The summed E-state index contributed by atoms with van der Waals surface area (Å²) in [5, 5.41) is 5.19. The number of nitrogens with zero attached hydrogens (tertiary/aromatic N) is 2. The molecule has 44 heavy (non-hydrogen) atoms. The molecule has 0 fully saturated rings. The van der Waals surface area contributed by atoms with Crippen molar-refractivity contribution in [3.05, 3.63) is 168 Å². The molecule has 212 valence electrons. The molecule has 0 spiro atoms. The van der Waals surface area contributed by atoms with Crippen LogP contribution in [0, 0.1) is 0 Å². The van der Waals surface area contributed by atoms with E-state index < -0.39 is 0 Å². The van der Waals surface area contributed by atoms with Crippen LogP contribution >= 0.6 is 0 Å². The van der Waals surface area contributed by atoms with Crippen LogP contribution in [0.1, 0.15) is 36.1 Å². The van der Waals surface area contributed by atoms with E-state index in [4.69, 9.17) is 0 Å². The lowest BCUT2D eigenvalue weighted by Gasteiger charge is -2.19. The van der Waals surface area contributed by atoms with Gasteiger partial charge in [-0.2, -0.15) is 0 Å². The highest BCUT2D eigenvalue weighted by atomic mass is 15.0. The van der Waals surface area contributed by atoms with Gasteiger partial charge in [0.1, 0.15) is 0 Å². The van der Waals surface area contributed by atoms with Gasteiger partial charge in [0.05, 0.1) is 0 Å². The number of benzene rings is 6. The summed E-state index contributed by atoms with van der Waals surface area (Å²) >= 11 is 0. The average Bonchev–Trinajstić information content (AvgIpc) is 3.59. The highest BCUT2D eigenvalue weighted by Crippen LogP contribution is 2.41. The molecular formula is C42H34N2. The number of fused-ring (bicyclic) bond motifs is 6. The molecule has 2 nitrogen and oxygen atoms in total. The third kappa shape index (κ3) is 4.10. The lowest BCUT2D eigenvalue weighted by atomic mass is 9.85. The second-order valence-electron chi connectivity index (χ2n) is 11.5. The third-order valence-corrected chi connectivity index (χ3v) is 9.13. The van der Waals surface area contributed by atoms with E-state index >= 15 is 0 Å². The second-order valence-corrected chi connectivity index (χ2v) is 11.5. The van der Waals surface area contributed by atoms with Crippen molar-refractivity contribution in [2.24, 2.45) is 0 Å². The van der Waals surface area contributed by atoms with Crippen LogP contribution in [0.25, 0.3) is 54.8 Å².